The number of rotatable bonds is 9. The van der Waals surface area contributed by atoms with Gasteiger partial charge < -0.3 is 14.2 Å². The van der Waals surface area contributed by atoms with Crippen LogP contribution >= 0.6 is 0 Å². The molecule has 1 saturated carbocycles. The summed E-state index contributed by atoms with van der Waals surface area (Å²) in [6.45, 7) is 6.45. The monoisotopic (exact) mass is 384 g/mol. The molecule has 28 heavy (non-hydrogen) atoms. The van der Waals surface area contributed by atoms with Crippen molar-refractivity contribution in [2.45, 2.75) is 32.9 Å². The number of furan rings is 1. The van der Waals surface area contributed by atoms with Crippen molar-refractivity contribution in [3.63, 3.8) is 0 Å². The van der Waals surface area contributed by atoms with Gasteiger partial charge in [-0.1, -0.05) is 18.2 Å². The van der Waals surface area contributed by atoms with Crippen LogP contribution in [-0.4, -0.2) is 34.7 Å². The number of halogens is 1. The van der Waals surface area contributed by atoms with E-state index >= 15 is 0 Å². The summed E-state index contributed by atoms with van der Waals surface area (Å²) in [6, 6.07) is 9.72. The highest BCUT2D eigenvalue weighted by atomic mass is 19.1. The molecule has 1 aromatic carbocycles. The zero-order valence-electron chi connectivity index (χ0n) is 16.1. The smallest absolute Gasteiger partial charge is 0.242 e. The van der Waals surface area contributed by atoms with E-state index < -0.39 is 0 Å². The highest BCUT2D eigenvalue weighted by Crippen LogP contribution is 2.31. The van der Waals surface area contributed by atoms with E-state index in [1.807, 2.05) is 19.1 Å². The molecule has 2 aromatic rings. The first kappa shape index (κ1) is 19.9. The van der Waals surface area contributed by atoms with Crippen molar-refractivity contribution in [2.24, 2.45) is 5.92 Å². The van der Waals surface area contributed by atoms with Crippen LogP contribution in [0.25, 0.3) is 0 Å². The molecule has 0 unspecified atom stereocenters. The molecule has 2 amide bonds. The normalized spacial score (nSPS) is 13.2. The molecule has 6 heteroatoms. The quantitative estimate of drug-likeness (QED) is 0.620. The number of amides is 2. The van der Waals surface area contributed by atoms with Gasteiger partial charge in [0.15, 0.2) is 0 Å². The number of hydrogen-bond donors (Lipinski definition) is 0. The number of nitrogens with zero attached hydrogens (tertiary/aromatic N) is 2. The molecule has 0 radical (unpaired) electrons. The summed E-state index contributed by atoms with van der Waals surface area (Å²) in [5, 5.41) is 0. The second-order valence-electron chi connectivity index (χ2n) is 7.17. The molecule has 1 aliphatic rings. The molecule has 0 N–H and O–H groups in total. The Labute approximate surface area is 164 Å². The van der Waals surface area contributed by atoms with E-state index in [-0.39, 0.29) is 36.6 Å². The first-order chi connectivity index (χ1) is 13.5. The average molecular weight is 384 g/mol. The number of aryl methyl sites for hydroxylation is 1. The Morgan fingerprint density at radius 2 is 1.86 bits per heavy atom. The first-order valence-corrected chi connectivity index (χ1v) is 9.43. The maximum atomic E-state index is 13.2. The maximum Gasteiger partial charge on any atom is 0.242 e. The second kappa shape index (κ2) is 8.87. The molecule has 3 rings (SSSR count). The third-order valence-corrected chi connectivity index (χ3v) is 4.70. The first-order valence-electron chi connectivity index (χ1n) is 9.43. The van der Waals surface area contributed by atoms with Crippen LogP contribution in [0.15, 0.2) is 53.5 Å². The third kappa shape index (κ3) is 5.31. The number of benzene rings is 1. The molecule has 1 aliphatic carbocycles. The zero-order valence-corrected chi connectivity index (χ0v) is 16.1. The van der Waals surface area contributed by atoms with Crippen LogP contribution in [0.5, 0.6) is 0 Å². The van der Waals surface area contributed by atoms with Crippen molar-refractivity contribution in [3.05, 3.63) is 72.0 Å². The molecule has 0 atom stereocenters. The van der Waals surface area contributed by atoms with E-state index in [1.54, 1.807) is 28.0 Å². The topological polar surface area (TPSA) is 53.8 Å². The fourth-order valence-electron chi connectivity index (χ4n) is 3.04. The van der Waals surface area contributed by atoms with Crippen LogP contribution in [0.3, 0.4) is 0 Å². The van der Waals surface area contributed by atoms with Crippen LogP contribution in [0, 0.1) is 18.7 Å². The molecule has 5 nitrogen and oxygen atoms in total. The van der Waals surface area contributed by atoms with Gasteiger partial charge in [0, 0.05) is 19.0 Å². The SMILES string of the molecule is C=CCN(CC(=O)N(Cc1ccc(F)cc1)Cc1ccc(C)o1)C(=O)C1CC1. The van der Waals surface area contributed by atoms with Crippen LogP contribution in [0.1, 0.15) is 29.9 Å². The Morgan fingerprint density at radius 3 is 2.43 bits per heavy atom. The Bertz CT molecular complexity index is 840. The summed E-state index contributed by atoms with van der Waals surface area (Å²) in [7, 11) is 0. The molecule has 148 valence electrons. The van der Waals surface area contributed by atoms with Gasteiger partial charge in [0.1, 0.15) is 23.9 Å². The van der Waals surface area contributed by atoms with Gasteiger partial charge >= 0.3 is 0 Å². The average Bonchev–Trinajstić information content (AvgIpc) is 3.44. The van der Waals surface area contributed by atoms with Crippen molar-refractivity contribution >= 4 is 11.8 Å². The lowest BCUT2D eigenvalue weighted by atomic mass is 10.2. The van der Waals surface area contributed by atoms with E-state index in [0.29, 0.717) is 18.8 Å². The zero-order chi connectivity index (χ0) is 20.1. The van der Waals surface area contributed by atoms with Gasteiger partial charge in [-0.05, 0) is 49.6 Å². The van der Waals surface area contributed by atoms with Crippen molar-refractivity contribution in [1.82, 2.24) is 9.80 Å². The van der Waals surface area contributed by atoms with Crippen molar-refractivity contribution in [1.29, 1.82) is 0 Å². The van der Waals surface area contributed by atoms with E-state index in [2.05, 4.69) is 6.58 Å². The second-order valence-corrected chi connectivity index (χ2v) is 7.17. The van der Waals surface area contributed by atoms with E-state index in [9.17, 15) is 14.0 Å². The molecule has 0 spiro atoms. The summed E-state index contributed by atoms with van der Waals surface area (Å²) in [5.41, 5.74) is 0.807. The molecule has 1 heterocycles. The number of hydrogen-bond acceptors (Lipinski definition) is 3. The maximum absolute atomic E-state index is 13.2. The van der Waals surface area contributed by atoms with Gasteiger partial charge in [-0.3, -0.25) is 9.59 Å². The predicted molar refractivity (Wildman–Crippen MR) is 104 cm³/mol. The van der Waals surface area contributed by atoms with E-state index in [4.69, 9.17) is 4.42 Å². The third-order valence-electron chi connectivity index (χ3n) is 4.70. The van der Waals surface area contributed by atoms with E-state index in [1.165, 1.54) is 12.1 Å². The summed E-state index contributed by atoms with van der Waals surface area (Å²) in [6.07, 6.45) is 3.39. The van der Waals surface area contributed by atoms with Crippen LogP contribution in [0.2, 0.25) is 0 Å². The Morgan fingerprint density at radius 1 is 1.14 bits per heavy atom. The fraction of sp³-hybridized carbons (Fsp3) is 0.364. The molecule has 1 fully saturated rings. The lowest BCUT2D eigenvalue weighted by Gasteiger charge is -2.27. The van der Waals surface area contributed by atoms with Crippen molar-refractivity contribution < 1.29 is 18.4 Å². The summed E-state index contributed by atoms with van der Waals surface area (Å²) < 4.78 is 18.8. The van der Waals surface area contributed by atoms with Crippen LogP contribution in [-0.2, 0) is 22.7 Å². The van der Waals surface area contributed by atoms with E-state index in [0.717, 1.165) is 24.2 Å². The summed E-state index contributed by atoms with van der Waals surface area (Å²) in [5.74, 6) is 0.956. The van der Waals surface area contributed by atoms with Crippen molar-refractivity contribution in [3.8, 4) is 0 Å². The van der Waals surface area contributed by atoms with Gasteiger partial charge in [-0.2, -0.15) is 0 Å². The Balaban J connectivity index is 1.75. The van der Waals surface area contributed by atoms with Crippen molar-refractivity contribution in [2.75, 3.05) is 13.1 Å². The molecule has 0 saturated heterocycles. The molecular formula is C22H25FN2O3. The minimum absolute atomic E-state index is 0.00354. The van der Waals surface area contributed by atoms with Crippen LogP contribution in [0.4, 0.5) is 4.39 Å². The molecule has 0 aliphatic heterocycles. The molecule has 1 aromatic heterocycles. The lowest BCUT2D eigenvalue weighted by Crippen LogP contribution is -2.43. The minimum atomic E-state index is -0.324. The van der Waals surface area contributed by atoms with Gasteiger partial charge in [-0.25, -0.2) is 4.39 Å². The number of carbonyl (C=O) groups is 2. The Hall–Kier alpha value is -2.89. The fourth-order valence-corrected chi connectivity index (χ4v) is 3.04. The summed E-state index contributed by atoms with van der Waals surface area (Å²) in [4.78, 5) is 28.7. The predicted octanol–water partition coefficient (Wildman–Crippen LogP) is 3.68. The molecule has 0 bridgehead atoms. The Kier molecular flexibility index (Phi) is 6.29. The van der Waals surface area contributed by atoms with Gasteiger partial charge in [0.25, 0.3) is 0 Å². The summed E-state index contributed by atoms with van der Waals surface area (Å²) >= 11 is 0. The van der Waals surface area contributed by atoms with Gasteiger partial charge in [0.05, 0.1) is 6.54 Å². The highest BCUT2D eigenvalue weighted by Gasteiger charge is 2.34. The van der Waals surface area contributed by atoms with Gasteiger partial charge in [-0.15, -0.1) is 6.58 Å². The minimum Gasteiger partial charge on any atom is -0.464 e. The van der Waals surface area contributed by atoms with Crippen LogP contribution < -0.4 is 0 Å². The largest absolute Gasteiger partial charge is 0.464 e. The molecular weight excluding hydrogens is 359 g/mol. The highest BCUT2D eigenvalue weighted by molar-refractivity contribution is 5.87. The number of carbonyl (C=O) groups excluding carboxylic acids is 2. The lowest BCUT2D eigenvalue weighted by molar-refractivity contribution is -0.141. The van der Waals surface area contributed by atoms with Gasteiger partial charge in [0.2, 0.25) is 11.8 Å². The standard InChI is InChI=1S/C22H25FN2O3/c1-3-12-24(22(27)18-7-8-18)15-21(26)25(14-20-11-4-16(2)28-20)13-17-5-9-19(23)10-6-17/h3-6,9-11,18H,1,7-8,12-15H2,2H3.